The van der Waals surface area contributed by atoms with E-state index in [1.165, 1.54) is 12.1 Å². The molecule has 0 aromatic heterocycles. The van der Waals surface area contributed by atoms with Gasteiger partial charge in [-0.3, -0.25) is 0 Å². The zero-order chi connectivity index (χ0) is 24.1. The van der Waals surface area contributed by atoms with Crippen LogP contribution in [0.25, 0.3) is 10.8 Å². The fourth-order valence-electron chi connectivity index (χ4n) is 4.16. The van der Waals surface area contributed by atoms with Crippen LogP contribution >= 0.6 is 11.6 Å². The standard InChI is InChI=1S/C29H26ClF3O/c1-34-15-14-21-3-8-22(27(31)17-21)7-2-19-5-12-25-24(16-19)11-10-23(29(25)33)9-4-20-6-13-26(30)28(32)18-20/h3,5-6,8,10-13,16-18H,2,4,7,9,14-15H2,1H3. The maximum atomic E-state index is 15.1. The van der Waals surface area contributed by atoms with Crippen LogP contribution in [0.2, 0.25) is 5.02 Å². The molecule has 0 aliphatic carbocycles. The second kappa shape index (κ2) is 11.1. The number of ether oxygens (including phenoxy) is 1. The van der Waals surface area contributed by atoms with Crippen LogP contribution in [0.15, 0.2) is 66.7 Å². The van der Waals surface area contributed by atoms with E-state index in [1.54, 1.807) is 31.4 Å². The SMILES string of the molecule is COCCc1ccc(CCc2ccc3c(F)c(CCc4ccc(Cl)c(F)c4)ccc3c2)c(F)c1. The summed E-state index contributed by atoms with van der Waals surface area (Å²) in [6.07, 6.45) is 2.90. The maximum Gasteiger partial charge on any atom is 0.142 e. The first-order valence-corrected chi connectivity index (χ1v) is 11.7. The largest absolute Gasteiger partial charge is 0.384 e. The molecule has 0 unspecified atom stereocenters. The van der Waals surface area contributed by atoms with Crippen molar-refractivity contribution in [2.24, 2.45) is 0 Å². The molecule has 0 aliphatic rings. The first-order valence-electron chi connectivity index (χ1n) is 11.3. The van der Waals surface area contributed by atoms with E-state index < -0.39 is 5.82 Å². The lowest BCUT2D eigenvalue weighted by molar-refractivity contribution is 0.202. The number of hydrogen-bond donors (Lipinski definition) is 0. The predicted molar refractivity (Wildman–Crippen MR) is 132 cm³/mol. The lowest BCUT2D eigenvalue weighted by Crippen LogP contribution is -1.99. The topological polar surface area (TPSA) is 9.23 Å². The molecule has 5 heteroatoms. The van der Waals surface area contributed by atoms with E-state index in [2.05, 4.69) is 0 Å². The van der Waals surface area contributed by atoms with Gasteiger partial charge in [-0.15, -0.1) is 0 Å². The van der Waals surface area contributed by atoms with Gasteiger partial charge in [0.1, 0.15) is 17.5 Å². The Bertz CT molecular complexity index is 1300. The van der Waals surface area contributed by atoms with Gasteiger partial charge in [-0.25, -0.2) is 13.2 Å². The van der Waals surface area contributed by atoms with E-state index in [1.807, 2.05) is 30.3 Å². The second-order valence-electron chi connectivity index (χ2n) is 8.51. The highest BCUT2D eigenvalue weighted by molar-refractivity contribution is 6.30. The summed E-state index contributed by atoms with van der Waals surface area (Å²) in [5.74, 6) is -0.922. The molecule has 176 valence electrons. The molecule has 0 fully saturated rings. The summed E-state index contributed by atoms with van der Waals surface area (Å²) >= 11 is 5.73. The van der Waals surface area contributed by atoms with Crippen LogP contribution < -0.4 is 0 Å². The summed E-state index contributed by atoms with van der Waals surface area (Å²) in [7, 11) is 1.63. The summed E-state index contributed by atoms with van der Waals surface area (Å²) < 4.78 is 48.3. The Morgan fingerprint density at radius 3 is 2.00 bits per heavy atom. The first-order chi connectivity index (χ1) is 16.4. The number of halogens is 4. The quantitative estimate of drug-likeness (QED) is 0.238. The molecule has 0 aliphatic heterocycles. The van der Waals surface area contributed by atoms with Crippen molar-refractivity contribution in [2.45, 2.75) is 32.1 Å². The van der Waals surface area contributed by atoms with Crippen LogP contribution in [-0.2, 0) is 36.8 Å². The lowest BCUT2D eigenvalue weighted by Gasteiger charge is -2.10. The van der Waals surface area contributed by atoms with Gasteiger partial charge >= 0.3 is 0 Å². The highest BCUT2D eigenvalue weighted by Crippen LogP contribution is 2.25. The Morgan fingerprint density at radius 2 is 1.26 bits per heavy atom. The van der Waals surface area contributed by atoms with Crippen LogP contribution in [0.5, 0.6) is 0 Å². The molecule has 0 spiro atoms. The van der Waals surface area contributed by atoms with Gasteiger partial charge in [-0.1, -0.05) is 60.1 Å². The van der Waals surface area contributed by atoms with Gasteiger partial charge in [0, 0.05) is 12.5 Å². The third-order valence-corrected chi connectivity index (χ3v) is 6.47. The van der Waals surface area contributed by atoms with Gasteiger partial charge in [-0.2, -0.15) is 0 Å². The van der Waals surface area contributed by atoms with Crippen molar-refractivity contribution in [3.8, 4) is 0 Å². The molecule has 0 saturated carbocycles. The van der Waals surface area contributed by atoms with Crippen LogP contribution in [-0.4, -0.2) is 13.7 Å². The Balaban J connectivity index is 1.43. The molecule has 4 aromatic carbocycles. The summed E-state index contributed by atoms with van der Waals surface area (Å²) in [5.41, 5.74) is 3.98. The van der Waals surface area contributed by atoms with Gasteiger partial charge in [0.25, 0.3) is 0 Å². The zero-order valence-corrected chi connectivity index (χ0v) is 19.8. The van der Waals surface area contributed by atoms with Crippen LogP contribution in [0.1, 0.15) is 27.8 Å². The summed E-state index contributed by atoms with van der Waals surface area (Å²) in [4.78, 5) is 0. The number of benzene rings is 4. The molecule has 4 rings (SSSR count). The highest BCUT2D eigenvalue weighted by atomic mass is 35.5. The molecule has 34 heavy (non-hydrogen) atoms. The number of rotatable bonds is 9. The minimum Gasteiger partial charge on any atom is -0.384 e. The molecule has 0 saturated heterocycles. The molecule has 0 N–H and O–H groups in total. The average molecular weight is 483 g/mol. The van der Waals surface area contributed by atoms with Gasteiger partial charge in [0.2, 0.25) is 0 Å². The molecule has 4 aromatic rings. The van der Waals surface area contributed by atoms with Crippen molar-refractivity contribution in [1.82, 2.24) is 0 Å². The van der Waals surface area contributed by atoms with Crippen molar-refractivity contribution < 1.29 is 17.9 Å². The van der Waals surface area contributed by atoms with Crippen molar-refractivity contribution in [3.05, 3.63) is 117 Å². The monoisotopic (exact) mass is 482 g/mol. The van der Waals surface area contributed by atoms with Crippen LogP contribution in [0.4, 0.5) is 13.2 Å². The first kappa shape index (κ1) is 24.3. The molecule has 0 atom stereocenters. The maximum absolute atomic E-state index is 15.1. The minimum absolute atomic E-state index is 0.0817. The van der Waals surface area contributed by atoms with E-state index in [-0.39, 0.29) is 16.7 Å². The summed E-state index contributed by atoms with van der Waals surface area (Å²) in [5, 5.41) is 1.45. The van der Waals surface area contributed by atoms with E-state index in [9.17, 15) is 8.78 Å². The highest BCUT2D eigenvalue weighted by Gasteiger charge is 2.10. The molecular formula is C29H26ClF3O. The minimum atomic E-state index is -0.465. The summed E-state index contributed by atoms with van der Waals surface area (Å²) in [6, 6.07) is 19.3. The number of methoxy groups -OCH3 is 1. The van der Waals surface area contributed by atoms with E-state index in [0.717, 1.165) is 22.1 Å². The van der Waals surface area contributed by atoms with Crippen molar-refractivity contribution in [3.63, 3.8) is 0 Å². The normalized spacial score (nSPS) is 11.3. The smallest absolute Gasteiger partial charge is 0.142 e. The molecular weight excluding hydrogens is 457 g/mol. The van der Waals surface area contributed by atoms with E-state index >= 15 is 4.39 Å². The van der Waals surface area contributed by atoms with E-state index in [4.69, 9.17) is 16.3 Å². The van der Waals surface area contributed by atoms with Gasteiger partial charge in [0.05, 0.1) is 11.6 Å². The fourth-order valence-corrected chi connectivity index (χ4v) is 4.27. The van der Waals surface area contributed by atoms with E-state index in [0.29, 0.717) is 55.2 Å². The number of fused-ring (bicyclic) bond motifs is 1. The van der Waals surface area contributed by atoms with Crippen molar-refractivity contribution in [2.75, 3.05) is 13.7 Å². The molecule has 0 radical (unpaired) electrons. The lowest BCUT2D eigenvalue weighted by atomic mass is 9.97. The third-order valence-electron chi connectivity index (χ3n) is 6.16. The number of aryl methyl sites for hydroxylation is 4. The van der Waals surface area contributed by atoms with Crippen LogP contribution in [0.3, 0.4) is 0 Å². The fraction of sp³-hybridized carbons (Fsp3) is 0.241. The number of hydrogen-bond acceptors (Lipinski definition) is 1. The predicted octanol–water partition coefficient (Wildman–Crippen LogP) is 7.67. The molecule has 0 amide bonds. The van der Waals surface area contributed by atoms with Gasteiger partial charge in [0.15, 0.2) is 0 Å². The average Bonchev–Trinajstić information content (AvgIpc) is 2.83. The molecule has 0 heterocycles. The summed E-state index contributed by atoms with van der Waals surface area (Å²) in [6.45, 7) is 0.563. The van der Waals surface area contributed by atoms with Gasteiger partial charge < -0.3 is 4.74 Å². The third kappa shape index (κ3) is 5.81. The van der Waals surface area contributed by atoms with Crippen molar-refractivity contribution in [1.29, 1.82) is 0 Å². The van der Waals surface area contributed by atoms with Crippen molar-refractivity contribution >= 4 is 22.4 Å². The molecule has 1 nitrogen and oxygen atoms in total. The Labute approximate surface area is 203 Å². The van der Waals surface area contributed by atoms with Gasteiger partial charge in [-0.05, 0) is 83.5 Å². The Morgan fingerprint density at radius 1 is 0.647 bits per heavy atom. The second-order valence-corrected chi connectivity index (χ2v) is 8.92. The Kier molecular flexibility index (Phi) is 7.91. The zero-order valence-electron chi connectivity index (χ0n) is 19.0. The Hall–Kier alpha value is -2.82. The van der Waals surface area contributed by atoms with Crippen LogP contribution in [0, 0.1) is 17.5 Å². The molecule has 0 bridgehead atoms.